The minimum absolute atomic E-state index is 0.0331. The zero-order valence-corrected chi connectivity index (χ0v) is 12.3. The van der Waals surface area contributed by atoms with E-state index in [1.54, 1.807) is 0 Å². The molecule has 0 aliphatic heterocycles. The smallest absolute Gasteiger partial charge is 0.334 e. The van der Waals surface area contributed by atoms with Crippen LogP contribution in [0, 0.1) is 20.8 Å². The van der Waals surface area contributed by atoms with Gasteiger partial charge >= 0.3 is 5.97 Å². The van der Waals surface area contributed by atoms with Crippen LogP contribution in [0.15, 0.2) is 12.1 Å². The second-order valence-corrected chi connectivity index (χ2v) is 4.92. The molecule has 0 bridgehead atoms. The summed E-state index contributed by atoms with van der Waals surface area (Å²) < 4.78 is 4.76. The summed E-state index contributed by atoms with van der Waals surface area (Å²) in [6.45, 7) is 5.92. The molecule has 1 aromatic rings. The van der Waals surface area contributed by atoms with Gasteiger partial charge in [-0.3, -0.25) is 4.79 Å². The third-order valence-corrected chi connectivity index (χ3v) is 3.22. The molecule has 1 rings (SSSR count). The lowest BCUT2D eigenvalue weighted by molar-refractivity contribution is -0.148. The second kappa shape index (κ2) is 7.05. The standard InChI is InChI=1S/C15H21NO4/c1-9-5-10(2)12(11(3)6-9)7-14(17)16-8-13(20-4)15(18)19/h5-6,13H,7-8H2,1-4H3,(H,16,17)(H,18,19). The summed E-state index contributed by atoms with van der Waals surface area (Å²) in [5, 5.41) is 11.4. The van der Waals surface area contributed by atoms with Gasteiger partial charge in [-0.25, -0.2) is 4.79 Å². The van der Waals surface area contributed by atoms with Gasteiger partial charge in [-0.15, -0.1) is 0 Å². The monoisotopic (exact) mass is 279 g/mol. The van der Waals surface area contributed by atoms with Crippen LogP contribution in [0.2, 0.25) is 0 Å². The minimum atomic E-state index is -1.09. The van der Waals surface area contributed by atoms with Gasteiger partial charge in [-0.05, 0) is 37.5 Å². The van der Waals surface area contributed by atoms with Crippen molar-refractivity contribution in [1.29, 1.82) is 0 Å². The highest BCUT2D eigenvalue weighted by molar-refractivity contribution is 5.80. The second-order valence-electron chi connectivity index (χ2n) is 4.92. The predicted octanol–water partition coefficient (Wildman–Crippen LogP) is 1.37. The largest absolute Gasteiger partial charge is 0.479 e. The van der Waals surface area contributed by atoms with Gasteiger partial charge in [0.1, 0.15) is 0 Å². The Balaban J connectivity index is 2.66. The summed E-state index contributed by atoms with van der Waals surface area (Å²) in [7, 11) is 1.30. The molecule has 1 atom stereocenters. The molecule has 110 valence electrons. The molecule has 1 amide bonds. The molecule has 0 heterocycles. The molecular weight excluding hydrogens is 258 g/mol. The summed E-state index contributed by atoms with van der Waals surface area (Å²) in [5.74, 6) is -1.29. The van der Waals surface area contributed by atoms with Gasteiger partial charge in [0.2, 0.25) is 5.91 Å². The van der Waals surface area contributed by atoms with E-state index in [1.165, 1.54) is 7.11 Å². The number of ether oxygens (including phenoxy) is 1. The lowest BCUT2D eigenvalue weighted by atomic mass is 9.97. The van der Waals surface area contributed by atoms with Crippen LogP contribution in [0.4, 0.5) is 0 Å². The Morgan fingerprint density at radius 3 is 2.25 bits per heavy atom. The third-order valence-electron chi connectivity index (χ3n) is 3.22. The van der Waals surface area contributed by atoms with Crippen LogP contribution in [0.3, 0.4) is 0 Å². The number of amides is 1. The van der Waals surface area contributed by atoms with Crippen molar-refractivity contribution in [2.75, 3.05) is 13.7 Å². The Labute approximate surface area is 118 Å². The van der Waals surface area contributed by atoms with Crippen LogP contribution in [-0.2, 0) is 20.7 Å². The number of carboxylic acids is 1. The number of carboxylic acid groups (broad SMARTS) is 1. The third kappa shape index (κ3) is 4.35. The molecule has 0 aliphatic carbocycles. The van der Waals surface area contributed by atoms with Crippen molar-refractivity contribution in [3.63, 3.8) is 0 Å². The van der Waals surface area contributed by atoms with E-state index in [0.29, 0.717) is 0 Å². The Morgan fingerprint density at radius 1 is 1.25 bits per heavy atom. The van der Waals surface area contributed by atoms with E-state index in [2.05, 4.69) is 5.32 Å². The maximum Gasteiger partial charge on any atom is 0.334 e. The first-order chi connectivity index (χ1) is 9.35. The van der Waals surface area contributed by atoms with Crippen molar-refractivity contribution in [2.45, 2.75) is 33.3 Å². The van der Waals surface area contributed by atoms with Crippen LogP contribution >= 0.6 is 0 Å². The SMILES string of the molecule is COC(CNC(=O)Cc1c(C)cc(C)cc1C)C(=O)O. The number of rotatable bonds is 6. The molecule has 0 saturated heterocycles. The van der Waals surface area contributed by atoms with Gasteiger partial charge in [-0.1, -0.05) is 17.7 Å². The zero-order valence-electron chi connectivity index (χ0n) is 12.3. The molecule has 0 aliphatic rings. The highest BCUT2D eigenvalue weighted by Crippen LogP contribution is 2.16. The van der Waals surface area contributed by atoms with Crippen molar-refractivity contribution >= 4 is 11.9 Å². The molecule has 0 fully saturated rings. The van der Waals surface area contributed by atoms with Gasteiger partial charge in [0.15, 0.2) is 6.10 Å². The fourth-order valence-corrected chi connectivity index (χ4v) is 2.19. The Morgan fingerprint density at radius 2 is 1.80 bits per heavy atom. The van der Waals surface area contributed by atoms with Crippen molar-refractivity contribution in [3.8, 4) is 0 Å². The summed E-state index contributed by atoms with van der Waals surface area (Å²) in [5.41, 5.74) is 4.28. The number of nitrogens with one attached hydrogen (secondary N) is 1. The van der Waals surface area contributed by atoms with Gasteiger partial charge in [-0.2, -0.15) is 0 Å². The molecule has 1 unspecified atom stereocenters. The number of hydrogen-bond acceptors (Lipinski definition) is 3. The average Bonchev–Trinajstić information content (AvgIpc) is 2.34. The number of benzene rings is 1. The molecule has 0 saturated carbocycles. The number of aliphatic carboxylic acids is 1. The first-order valence-corrected chi connectivity index (χ1v) is 6.44. The average molecular weight is 279 g/mol. The first-order valence-electron chi connectivity index (χ1n) is 6.44. The summed E-state index contributed by atoms with van der Waals surface area (Å²) in [4.78, 5) is 22.7. The lowest BCUT2D eigenvalue weighted by Crippen LogP contribution is -2.38. The van der Waals surface area contributed by atoms with E-state index >= 15 is 0 Å². The van der Waals surface area contributed by atoms with E-state index in [-0.39, 0.29) is 18.9 Å². The maximum atomic E-state index is 11.9. The van der Waals surface area contributed by atoms with Crippen LogP contribution in [0.1, 0.15) is 22.3 Å². The Kier molecular flexibility index (Phi) is 5.70. The lowest BCUT2D eigenvalue weighted by Gasteiger charge is -2.14. The molecule has 5 nitrogen and oxygen atoms in total. The number of carbonyl (C=O) groups excluding carboxylic acids is 1. The summed E-state index contributed by atoms with van der Waals surface area (Å²) in [6.07, 6.45) is -0.771. The zero-order chi connectivity index (χ0) is 15.3. The Hall–Kier alpha value is -1.88. The summed E-state index contributed by atoms with van der Waals surface area (Å²) in [6, 6.07) is 4.07. The minimum Gasteiger partial charge on any atom is -0.479 e. The van der Waals surface area contributed by atoms with Crippen LogP contribution in [0.5, 0.6) is 0 Å². The van der Waals surface area contributed by atoms with Crippen molar-refractivity contribution < 1.29 is 19.4 Å². The van der Waals surface area contributed by atoms with E-state index < -0.39 is 12.1 Å². The molecule has 5 heteroatoms. The Bertz CT molecular complexity index is 488. The molecule has 1 aromatic carbocycles. The fourth-order valence-electron chi connectivity index (χ4n) is 2.19. The van der Waals surface area contributed by atoms with Crippen molar-refractivity contribution in [3.05, 3.63) is 34.4 Å². The predicted molar refractivity (Wildman–Crippen MR) is 75.8 cm³/mol. The van der Waals surface area contributed by atoms with Crippen LogP contribution < -0.4 is 5.32 Å². The quantitative estimate of drug-likeness (QED) is 0.824. The number of methoxy groups -OCH3 is 1. The number of carbonyl (C=O) groups is 2. The first kappa shape index (κ1) is 16.2. The van der Waals surface area contributed by atoms with Gasteiger partial charge in [0.05, 0.1) is 13.0 Å². The normalized spacial score (nSPS) is 12.0. The molecule has 0 spiro atoms. The molecular formula is C15H21NO4. The van der Waals surface area contributed by atoms with Gasteiger partial charge in [0, 0.05) is 7.11 Å². The van der Waals surface area contributed by atoms with Crippen molar-refractivity contribution in [2.24, 2.45) is 0 Å². The topological polar surface area (TPSA) is 75.6 Å². The highest BCUT2D eigenvalue weighted by atomic mass is 16.5. The van der Waals surface area contributed by atoms with E-state index in [4.69, 9.17) is 9.84 Å². The van der Waals surface area contributed by atoms with E-state index in [9.17, 15) is 9.59 Å². The maximum absolute atomic E-state index is 11.9. The molecule has 0 radical (unpaired) electrons. The molecule has 0 aromatic heterocycles. The van der Waals surface area contributed by atoms with Crippen LogP contribution in [0.25, 0.3) is 0 Å². The number of aryl methyl sites for hydroxylation is 3. The highest BCUT2D eigenvalue weighted by Gasteiger charge is 2.17. The fraction of sp³-hybridized carbons (Fsp3) is 0.467. The van der Waals surface area contributed by atoms with E-state index in [0.717, 1.165) is 22.3 Å². The molecule has 20 heavy (non-hydrogen) atoms. The van der Waals surface area contributed by atoms with E-state index in [1.807, 2.05) is 32.9 Å². The van der Waals surface area contributed by atoms with Gasteiger partial charge in [0.25, 0.3) is 0 Å². The van der Waals surface area contributed by atoms with Gasteiger partial charge < -0.3 is 15.2 Å². The summed E-state index contributed by atoms with van der Waals surface area (Å²) >= 11 is 0. The van der Waals surface area contributed by atoms with Crippen LogP contribution in [-0.4, -0.2) is 36.7 Å². The van der Waals surface area contributed by atoms with Crippen molar-refractivity contribution in [1.82, 2.24) is 5.32 Å². The molecule has 2 N–H and O–H groups in total. The number of hydrogen-bond donors (Lipinski definition) is 2.